The zero-order valence-electron chi connectivity index (χ0n) is 10.6. The van der Waals surface area contributed by atoms with Crippen LogP contribution in [0.4, 0.5) is 11.4 Å². The van der Waals surface area contributed by atoms with E-state index in [4.69, 9.17) is 0 Å². The third kappa shape index (κ3) is 2.83. The maximum Gasteiger partial charge on any atom is 0.270 e. The molecule has 0 saturated heterocycles. The summed E-state index contributed by atoms with van der Waals surface area (Å²) in [4.78, 5) is 10.5. The maximum atomic E-state index is 10.8. The Morgan fingerprint density at radius 2 is 2.28 bits per heavy atom. The fourth-order valence-corrected chi connectivity index (χ4v) is 3.07. The molecule has 0 aliphatic carbocycles. The molecule has 0 bridgehead atoms. The number of halogens is 1. The van der Waals surface area contributed by atoms with Crippen molar-refractivity contribution in [1.29, 1.82) is 0 Å². The molecule has 1 N–H and O–H groups in total. The molecule has 18 heavy (non-hydrogen) atoms. The van der Waals surface area contributed by atoms with Gasteiger partial charge in [-0.25, -0.2) is 0 Å². The molecule has 1 aromatic rings. The second-order valence-electron chi connectivity index (χ2n) is 5.23. The third-order valence-corrected chi connectivity index (χ3v) is 3.86. The van der Waals surface area contributed by atoms with Gasteiger partial charge in [0.25, 0.3) is 5.69 Å². The first-order valence-electron chi connectivity index (χ1n) is 6.20. The molecule has 1 atom stereocenters. The summed E-state index contributed by atoms with van der Waals surface area (Å²) in [6, 6.07) is 3.72. The van der Waals surface area contributed by atoms with E-state index in [1.54, 1.807) is 12.1 Å². The van der Waals surface area contributed by atoms with Crippen molar-refractivity contribution in [3.05, 3.63) is 32.3 Å². The van der Waals surface area contributed by atoms with Crippen molar-refractivity contribution < 1.29 is 4.92 Å². The number of hydrogen-bond donors (Lipinski definition) is 1. The molecule has 1 aromatic carbocycles. The molecule has 1 unspecified atom stereocenters. The van der Waals surface area contributed by atoms with E-state index in [0.29, 0.717) is 12.0 Å². The molecule has 1 aliphatic heterocycles. The average Bonchev–Trinajstić information content (AvgIpc) is 2.28. The number of rotatable bonds is 3. The Kier molecular flexibility index (Phi) is 3.90. The van der Waals surface area contributed by atoms with Gasteiger partial charge in [0, 0.05) is 22.6 Å². The van der Waals surface area contributed by atoms with Crippen LogP contribution in [0.5, 0.6) is 0 Å². The van der Waals surface area contributed by atoms with Gasteiger partial charge in [0.05, 0.1) is 10.6 Å². The van der Waals surface area contributed by atoms with Crippen LogP contribution in [0.2, 0.25) is 0 Å². The van der Waals surface area contributed by atoms with Crippen molar-refractivity contribution in [2.45, 2.75) is 39.2 Å². The molecule has 0 fully saturated rings. The van der Waals surface area contributed by atoms with Gasteiger partial charge in [0.15, 0.2) is 0 Å². The number of anilines is 1. The standard InChI is InChI=1S/C13H17BrN2O2/c1-8(2)5-10-4-3-9-6-11(16(17)18)7-12(14)13(9)15-10/h6-8,10,15H,3-5H2,1-2H3. The second kappa shape index (κ2) is 5.26. The number of nitro benzene ring substituents is 1. The molecule has 1 aliphatic rings. The van der Waals surface area contributed by atoms with E-state index < -0.39 is 0 Å². The number of hydrogen-bond acceptors (Lipinski definition) is 3. The van der Waals surface area contributed by atoms with Crippen molar-refractivity contribution in [3.8, 4) is 0 Å². The topological polar surface area (TPSA) is 55.2 Å². The highest BCUT2D eigenvalue weighted by atomic mass is 79.9. The van der Waals surface area contributed by atoms with Crippen molar-refractivity contribution >= 4 is 27.3 Å². The van der Waals surface area contributed by atoms with Gasteiger partial charge in [-0.15, -0.1) is 0 Å². The Labute approximate surface area is 115 Å². The van der Waals surface area contributed by atoms with E-state index in [1.807, 2.05) is 0 Å². The molecule has 98 valence electrons. The minimum absolute atomic E-state index is 0.157. The second-order valence-corrected chi connectivity index (χ2v) is 6.08. The maximum absolute atomic E-state index is 10.8. The van der Waals surface area contributed by atoms with Crippen LogP contribution in [0.15, 0.2) is 16.6 Å². The van der Waals surface area contributed by atoms with E-state index in [9.17, 15) is 10.1 Å². The summed E-state index contributed by atoms with van der Waals surface area (Å²) in [5.74, 6) is 0.654. The molecule has 4 nitrogen and oxygen atoms in total. The van der Waals surface area contributed by atoms with Gasteiger partial charge in [0.2, 0.25) is 0 Å². The summed E-state index contributed by atoms with van der Waals surface area (Å²) in [5, 5.41) is 14.3. The van der Waals surface area contributed by atoms with Gasteiger partial charge in [-0.2, -0.15) is 0 Å². The quantitative estimate of drug-likeness (QED) is 0.674. The number of nitrogens with one attached hydrogen (secondary N) is 1. The lowest BCUT2D eigenvalue weighted by molar-refractivity contribution is -0.385. The summed E-state index contributed by atoms with van der Waals surface area (Å²) in [6.07, 6.45) is 3.07. The van der Waals surface area contributed by atoms with Gasteiger partial charge in [-0.05, 0) is 46.7 Å². The lowest BCUT2D eigenvalue weighted by Gasteiger charge is -2.29. The predicted molar refractivity (Wildman–Crippen MR) is 76.0 cm³/mol. The highest BCUT2D eigenvalue weighted by Gasteiger charge is 2.23. The number of non-ortho nitro benzene ring substituents is 1. The summed E-state index contributed by atoms with van der Waals surface area (Å²) < 4.78 is 0.792. The van der Waals surface area contributed by atoms with Crippen molar-refractivity contribution in [2.24, 2.45) is 5.92 Å². The highest BCUT2D eigenvalue weighted by molar-refractivity contribution is 9.10. The summed E-state index contributed by atoms with van der Waals surface area (Å²) in [7, 11) is 0. The average molecular weight is 313 g/mol. The molecule has 0 radical (unpaired) electrons. The van der Waals surface area contributed by atoms with Crippen LogP contribution in [0, 0.1) is 16.0 Å². The van der Waals surface area contributed by atoms with E-state index in [2.05, 4.69) is 35.1 Å². The smallest absolute Gasteiger partial charge is 0.270 e. The minimum Gasteiger partial charge on any atom is -0.381 e. The number of benzene rings is 1. The van der Waals surface area contributed by atoms with Crippen LogP contribution in [-0.4, -0.2) is 11.0 Å². The Hall–Kier alpha value is -1.10. The normalized spacial score (nSPS) is 18.3. The summed E-state index contributed by atoms with van der Waals surface area (Å²) >= 11 is 3.43. The van der Waals surface area contributed by atoms with Gasteiger partial charge in [-0.3, -0.25) is 10.1 Å². The number of nitrogens with zero attached hydrogens (tertiary/aromatic N) is 1. The summed E-state index contributed by atoms with van der Waals surface area (Å²) in [6.45, 7) is 4.42. The Morgan fingerprint density at radius 1 is 1.56 bits per heavy atom. The van der Waals surface area contributed by atoms with Crippen LogP contribution in [-0.2, 0) is 6.42 Å². The first kappa shape index (κ1) is 13.3. The molecule has 0 spiro atoms. The van der Waals surface area contributed by atoms with Crippen molar-refractivity contribution in [3.63, 3.8) is 0 Å². The van der Waals surface area contributed by atoms with E-state index in [0.717, 1.165) is 35.0 Å². The fourth-order valence-electron chi connectivity index (χ4n) is 2.46. The van der Waals surface area contributed by atoms with E-state index in [-0.39, 0.29) is 10.6 Å². The van der Waals surface area contributed by atoms with Crippen LogP contribution in [0.25, 0.3) is 0 Å². The summed E-state index contributed by atoms with van der Waals surface area (Å²) in [5.41, 5.74) is 2.22. The number of nitro groups is 1. The first-order chi connectivity index (χ1) is 8.47. The third-order valence-electron chi connectivity index (χ3n) is 3.23. The molecular weight excluding hydrogens is 296 g/mol. The van der Waals surface area contributed by atoms with Gasteiger partial charge >= 0.3 is 0 Å². The number of fused-ring (bicyclic) bond motifs is 1. The zero-order valence-corrected chi connectivity index (χ0v) is 12.2. The molecule has 0 aromatic heterocycles. The van der Waals surface area contributed by atoms with Gasteiger partial charge in [-0.1, -0.05) is 13.8 Å². The molecule has 5 heteroatoms. The van der Waals surface area contributed by atoms with E-state index in [1.165, 1.54) is 0 Å². The van der Waals surface area contributed by atoms with Crippen LogP contribution in [0.3, 0.4) is 0 Å². The van der Waals surface area contributed by atoms with Crippen molar-refractivity contribution in [2.75, 3.05) is 5.32 Å². The van der Waals surface area contributed by atoms with Crippen LogP contribution >= 0.6 is 15.9 Å². The number of aryl methyl sites for hydroxylation is 1. The van der Waals surface area contributed by atoms with Crippen LogP contribution < -0.4 is 5.32 Å². The monoisotopic (exact) mass is 312 g/mol. The van der Waals surface area contributed by atoms with Crippen molar-refractivity contribution in [1.82, 2.24) is 0 Å². The first-order valence-corrected chi connectivity index (χ1v) is 7.00. The largest absolute Gasteiger partial charge is 0.381 e. The predicted octanol–water partition coefficient (Wildman–Crippen LogP) is 4.13. The fraction of sp³-hybridized carbons (Fsp3) is 0.538. The SMILES string of the molecule is CC(C)CC1CCc2cc([N+](=O)[O-])cc(Br)c2N1. The Bertz CT molecular complexity index is 474. The minimum atomic E-state index is -0.342. The molecule has 1 heterocycles. The van der Waals surface area contributed by atoms with E-state index >= 15 is 0 Å². The van der Waals surface area contributed by atoms with Gasteiger partial charge < -0.3 is 5.32 Å². The lowest BCUT2D eigenvalue weighted by atomic mass is 9.92. The lowest BCUT2D eigenvalue weighted by Crippen LogP contribution is -2.27. The molecular formula is C13H17BrN2O2. The highest BCUT2D eigenvalue weighted by Crippen LogP contribution is 2.36. The molecule has 2 rings (SSSR count). The Morgan fingerprint density at radius 3 is 2.89 bits per heavy atom. The Balaban J connectivity index is 2.25. The van der Waals surface area contributed by atoms with Crippen LogP contribution in [0.1, 0.15) is 32.3 Å². The van der Waals surface area contributed by atoms with Gasteiger partial charge in [0.1, 0.15) is 0 Å². The zero-order chi connectivity index (χ0) is 13.3. The molecule has 0 saturated carbocycles. The molecule has 0 amide bonds.